The summed E-state index contributed by atoms with van der Waals surface area (Å²) in [4.78, 5) is 22.0. The molecule has 5 nitrogen and oxygen atoms in total. The third-order valence-corrected chi connectivity index (χ3v) is 4.62. The molecule has 3 aromatic rings. The van der Waals surface area contributed by atoms with Crippen LogP contribution in [0.3, 0.4) is 0 Å². The van der Waals surface area contributed by atoms with E-state index in [4.69, 9.17) is 5.26 Å². The maximum atomic E-state index is 12.4. The Labute approximate surface area is 150 Å². The van der Waals surface area contributed by atoms with Crippen molar-refractivity contribution in [2.45, 2.75) is 20.3 Å². The lowest BCUT2D eigenvalue weighted by Crippen LogP contribution is -2.14. The van der Waals surface area contributed by atoms with Crippen LogP contribution >= 0.6 is 11.3 Å². The van der Waals surface area contributed by atoms with E-state index < -0.39 is 0 Å². The van der Waals surface area contributed by atoms with Crippen molar-refractivity contribution < 1.29 is 4.79 Å². The normalized spacial score (nSPS) is 10.3. The smallest absolute Gasteiger partial charge is 0.259 e. The number of anilines is 1. The fourth-order valence-electron chi connectivity index (χ4n) is 2.44. The Morgan fingerprint density at radius 2 is 1.96 bits per heavy atom. The Kier molecular flexibility index (Phi) is 4.87. The van der Waals surface area contributed by atoms with Crippen LogP contribution in [0.1, 0.15) is 37.7 Å². The van der Waals surface area contributed by atoms with Crippen molar-refractivity contribution >= 4 is 22.4 Å². The second kappa shape index (κ2) is 7.24. The monoisotopic (exact) mass is 348 g/mol. The molecule has 0 radical (unpaired) electrons. The standard InChI is InChI=1S/C19H16N4OS/c1-12-3-8-17(13(2)22-12)18(24)23-19-21-11-16(25-19)9-14-4-6-15(10-20)7-5-14/h3-8,11H,9H2,1-2H3,(H,21,23,24). The van der Waals surface area contributed by atoms with Gasteiger partial charge in [-0.25, -0.2) is 4.98 Å². The number of carbonyl (C=O) groups is 1. The molecule has 0 bridgehead atoms. The highest BCUT2D eigenvalue weighted by atomic mass is 32.1. The summed E-state index contributed by atoms with van der Waals surface area (Å²) in [5.74, 6) is -0.204. The molecule has 6 heteroatoms. The zero-order valence-corrected chi connectivity index (χ0v) is 14.7. The molecule has 0 aliphatic rings. The van der Waals surface area contributed by atoms with Gasteiger partial charge < -0.3 is 0 Å². The number of nitriles is 1. The molecule has 124 valence electrons. The molecule has 0 saturated carbocycles. The molecule has 25 heavy (non-hydrogen) atoms. The molecular weight excluding hydrogens is 332 g/mol. The molecule has 0 aliphatic heterocycles. The van der Waals surface area contributed by atoms with Crippen LogP contribution in [0.5, 0.6) is 0 Å². The average molecular weight is 348 g/mol. The van der Waals surface area contributed by atoms with Crippen LogP contribution in [-0.2, 0) is 6.42 Å². The van der Waals surface area contributed by atoms with Gasteiger partial charge in [0.25, 0.3) is 5.91 Å². The number of thiazole rings is 1. The van der Waals surface area contributed by atoms with Crippen LogP contribution in [0.15, 0.2) is 42.6 Å². The lowest BCUT2D eigenvalue weighted by Gasteiger charge is -2.05. The molecule has 1 N–H and O–H groups in total. The summed E-state index contributed by atoms with van der Waals surface area (Å²) in [5, 5.41) is 12.2. The summed E-state index contributed by atoms with van der Waals surface area (Å²) in [7, 11) is 0. The van der Waals surface area contributed by atoms with Gasteiger partial charge in [-0.15, -0.1) is 11.3 Å². The van der Waals surface area contributed by atoms with Gasteiger partial charge in [0.05, 0.1) is 22.9 Å². The Hall–Kier alpha value is -3.04. The van der Waals surface area contributed by atoms with Gasteiger partial charge in [-0.2, -0.15) is 5.26 Å². The van der Waals surface area contributed by atoms with Crippen LogP contribution in [0.25, 0.3) is 0 Å². The first-order chi connectivity index (χ1) is 12.0. The summed E-state index contributed by atoms with van der Waals surface area (Å²) in [6.45, 7) is 3.71. The Balaban J connectivity index is 1.68. The van der Waals surface area contributed by atoms with Crippen molar-refractivity contribution in [1.82, 2.24) is 9.97 Å². The van der Waals surface area contributed by atoms with Crippen LogP contribution < -0.4 is 5.32 Å². The van der Waals surface area contributed by atoms with Crippen LogP contribution in [0, 0.1) is 25.2 Å². The zero-order chi connectivity index (χ0) is 17.8. The zero-order valence-electron chi connectivity index (χ0n) is 13.9. The van der Waals surface area contributed by atoms with E-state index in [1.54, 1.807) is 24.4 Å². The Morgan fingerprint density at radius 1 is 1.20 bits per heavy atom. The number of hydrogen-bond donors (Lipinski definition) is 1. The van der Waals surface area contributed by atoms with Gasteiger partial charge in [0.1, 0.15) is 0 Å². The first-order valence-corrected chi connectivity index (χ1v) is 8.56. The van der Waals surface area contributed by atoms with E-state index in [0.29, 0.717) is 28.4 Å². The van der Waals surface area contributed by atoms with Crippen molar-refractivity contribution in [2.24, 2.45) is 0 Å². The molecule has 0 aliphatic carbocycles. The molecule has 3 rings (SSSR count). The summed E-state index contributed by atoms with van der Waals surface area (Å²) < 4.78 is 0. The van der Waals surface area contributed by atoms with Gasteiger partial charge in [-0.05, 0) is 43.7 Å². The fraction of sp³-hybridized carbons (Fsp3) is 0.158. The molecule has 0 fully saturated rings. The van der Waals surface area contributed by atoms with Crippen LogP contribution in [0.4, 0.5) is 5.13 Å². The lowest BCUT2D eigenvalue weighted by molar-refractivity contribution is 0.102. The quantitative estimate of drug-likeness (QED) is 0.776. The van der Waals surface area contributed by atoms with E-state index in [1.807, 2.05) is 32.0 Å². The molecule has 1 aromatic carbocycles. The third kappa shape index (κ3) is 4.08. The Bertz CT molecular complexity index is 954. The second-order valence-corrected chi connectivity index (χ2v) is 6.77. The van der Waals surface area contributed by atoms with Crippen LogP contribution in [0.2, 0.25) is 0 Å². The van der Waals surface area contributed by atoms with E-state index in [2.05, 4.69) is 21.4 Å². The van der Waals surface area contributed by atoms with E-state index in [0.717, 1.165) is 16.1 Å². The predicted molar refractivity (Wildman–Crippen MR) is 97.7 cm³/mol. The molecule has 0 saturated heterocycles. The highest BCUT2D eigenvalue weighted by Gasteiger charge is 2.12. The molecule has 1 amide bonds. The molecule has 2 aromatic heterocycles. The first kappa shape index (κ1) is 16.8. The van der Waals surface area contributed by atoms with E-state index in [1.165, 1.54) is 11.3 Å². The van der Waals surface area contributed by atoms with Crippen LogP contribution in [-0.4, -0.2) is 15.9 Å². The molecule has 0 unspecified atom stereocenters. The van der Waals surface area contributed by atoms with E-state index in [9.17, 15) is 4.79 Å². The van der Waals surface area contributed by atoms with Crippen molar-refractivity contribution in [3.63, 3.8) is 0 Å². The largest absolute Gasteiger partial charge is 0.298 e. The summed E-state index contributed by atoms with van der Waals surface area (Å²) in [5.41, 5.74) is 3.87. The molecule has 0 atom stereocenters. The summed E-state index contributed by atoms with van der Waals surface area (Å²) in [6, 6.07) is 13.2. The number of amides is 1. The number of nitrogens with one attached hydrogen (secondary N) is 1. The van der Waals surface area contributed by atoms with E-state index >= 15 is 0 Å². The van der Waals surface area contributed by atoms with Crippen molar-refractivity contribution in [2.75, 3.05) is 5.32 Å². The minimum Gasteiger partial charge on any atom is -0.298 e. The van der Waals surface area contributed by atoms with Gasteiger partial charge in [0.2, 0.25) is 0 Å². The number of carbonyl (C=O) groups excluding carboxylic acids is 1. The van der Waals surface area contributed by atoms with Gasteiger partial charge in [0, 0.05) is 23.2 Å². The molecule has 0 spiro atoms. The molecular formula is C19H16N4OS. The minimum atomic E-state index is -0.204. The predicted octanol–water partition coefficient (Wildman–Crippen LogP) is 3.87. The maximum absolute atomic E-state index is 12.4. The number of pyridine rings is 1. The second-order valence-electron chi connectivity index (χ2n) is 5.66. The SMILES string of the molecule is Cc1ccc(C(=O)Nc2ncc(Cc3ccc(C#N)cc3)s2)c(C)n1. The highest BCUT2D eigenvalue weighted by molar-refractivity contribution is 7.15. The third-order valence-electron chi connectivity index (χ3n) is 3.71. The van der Waals surface area contributed by atoms with Gasteiger partial charge >= 0.3 is 0 Å². The maximum Gasteiger partial charge on any atom is 0.259 e. The number of aromatic nitrogens is 2. The Morgan fingerprint density at radius 3 is 2.64 bits per heavy atom. The molecule has 2 heterocycles. The average Bonchev–Trinajstić information content (AvgIpc) is 3.02. The topological polar surface area (TPSA) is 78.7 Å². The summed E-state index contributed by atoms with van der Waals surface area (Å²) >= 11 is 1.44. The number of hydrogen-bond acceptors (Lipinski definition) is 5. The highest BCUT2D eigenvalue weighted by Crippen LogP contribution is 2.22. The van der Waals surface area contributed by atoms with Gasteiger partial charge in [-0.3, -0.25) is 15.1 Å². The number of aryl methyl sites for hydroxylation is 2. The number of nitrogens with zero attached hydrogens (tertiary/aromatic N) is 3. The van der Waals surface area contributed by atoms with Crippen molar-refractivity contribution in [1.29, 1.82) is 5.26 Å². The van der Waals surface area contributed by atoms with Gasteiger partial charge in [-0.1, -0.05) is 12.1 Å². The number of benzene rings is 1. The summed E-state index contributed by atoms with van der Waals surface area (Å²) in [6.07, 6.45) is 2.48. The van der Waals surface area contributed by atoms with Crippen molar-refractivity contribution in [3.8, 4) is 6.07 Å². The number of rotatable bonds is 4. The van der Waals surface area contributed by atoms with Gasteiger partial charge in [0.15, 0.2) is 5.13 Å². The fourth-order valence-corrected chi connectivity index (χ4v) is 3.28. The van der Waals surface area contributed by atoms with E-state index in [-0.39, 0.29) is 5.91 Å². The lowest BCUT2D eigenvalue weighted by atomic mass is 10.1. The minimum absolute atomic E-state index is 0.204. The first-order valence-electron chi connectivity index (χ1n) is 7.74. The van der Waals surface area contributed by atoms with Crippen molar-refractivity contribution in [3.05, 3.63) is 75.6 Å².